The maximum atomic E-state index is 5.87. The van der Waals surface area contributed by atoms with Gasteiger partial charge in [0.05, 0.1) is 0 Å². The molecular weight excluding hydrogens is 220 g/mol. The molecule has 2 N–H and O–H groups in total. The number of rotatable bonds is 4. The van der Waals surface area contributed by atoms with Crippen LogP contribution >= 0.6 is 11.8 Å². The molecule has 1 aromatic carbocycles. The van der Waals surface area contributed by atoms with Gasteiger partial charge in [0.15, 0.2) is 5.16 Å². The lowest BCUT2D eigenvalue weighted by Crippen LogP contribution is -1.97. The van der Waals surface area contributed by atoms with Gasteiger partial charge in [-0.25, -0.2) is 0 Å². The molecule has 0 aliphatic rings. The minimum Gasteiger partial charge on any atom is -0.399 e. The predicted molar refractivity (Wildman–Crippen MR) is 66.3 cm³/mol. The van der Waals surface area contributed by atoms with Gasteiger partial charge < -0.3 is 10.3 Å². The Morgan fingerprint density at radius 3 is 2.88 bits per heavy atom. The Bertz CT molecular complexity index is 467. The molecule has 0 fully saturated rings. The van der Waals surface area contributed by atoms with Gasteiger partial charge in [-0.2, -0.15) is 0 Å². The first-order valence-corrected chi connectivity index (χ1v) is 6.06. The Balaban J connectivity index is 1.89. The summed E-state index contributed by atoms with van der Waals surface area (Å²) in [5, 5.41) is 8.79. The van der Waals surface area contributed by atoms with Crippen LogP contribution in [0, 0.1) is 0 Å². The van der Waals surface area contributed by atoms with Crippen molar-refractivity contribution in [1.82, 2.24) is 14.8 Å². The number of hydrogen-bond acceptors (Lipinski definition) is 4. The molecule has 5 heteroatoms. The lowest BCUT2D eigenvalue weighted by atomic mass is 10.1. The van der Waals surface area contributed by atoms with E-state index in [0.29, 0.717) is 0 Å². The molecule has 0 unspecified atom stereocenters. The molecule has 0 amide bonds. The Morgan fingerprint density at radius 2 is 2.19 bits per heavy atom. The van der Waals surface area contributed by atoms with E-state index in [9.17, 15) is 0 Å². The maximum absolute atomic E-state index is 5.87. The molecule has 0 saturated heterocycles. The third kappa shape index (κ3) is 2.55. The highest BCUT2D eigenvalue weighted by Crippen LogP contribution is 2.18. The highest BCUT2D eigenvalue weighted by molar-refractivity contribution is 7.99. The SMILES string of the molecule is Cn1cnnc1SCCc1ccccc1N. The second-order valence-electron chi connectivity index (χ2n) is 3.52. The topological polar surface area (TPSA) is 56.7 Å². The number of aryl methyl sites for hydroxylation is 2. The predicted octanol–water partition coefficient (Wildman–Crippen LogP) is 1.73. The van der Waals surface area contributed by atoms with Gasteiger partial charge in [0, 0.05) is 18.5 Å². The normalized spacial score (nSPS) is 10.6. The first kappa shape index (κ1) is 11.0. The zero-order valence-electron chi connectivity index (χ0n) is 9.13. The Morgan fingerprint density at radius 1 is 1.38 bits per heavy atom. The largest absolute Gasteiger partial charge is 0.399 e. The number of benzene rings is 1. The molecule has 4 nitrogen and oxygen atoms in total. The van der Waals surface area contributed by atoms with Gasteiger partial charge >= 0.3 is 0 Å². The second-order valence-corrected chi connectivity index (χ2v) is 4.58. The van der Waals surface area contributed by atoms with E-state index in [0.717, 1.165) is 23.0 Å². The third-order valence-corrected chi connectivity index (χ3v) is 3.36. The van der Waals surface area contributed by atoms with Crippen molar-refractivity contribution >= 4 is 17.4 Å². The summed E-state index contributed by atoms with van der Waals surface area (Å²) in [5.74, 6) is 0.959. The lowest BCUT2D eigenvalue weighted by molar-refractivity contribution is 0.788. The van der Waals surface area contributed by atoms with Crippen LogP contribution in [0.25, 0.3) is 0 Å². The van der Waals surface area contributed by atoms with Crippen molar-refractivity contribution in [3.63, 3.8) is 0 Å². The highest BCUT2D eigenvalue weighted by atomic mass is 32.2. The van der Waals surface area contributed by atoms with Crippen LogP contribution in [0.15, 0.2) is 35.7 Å². The summed E-state index contributed by atoms with van der Waals surface area (Å²) in [6.07, 6.45) is 2.66. The summed E-state index contributed by atoms with van der Waals surface area (Å²) in [4.78, 5) is 0. The van der Waals surface area contributed by atoms with Crippen molar-refractivity contribution in [3.8, 4) is 0 Å². The van der Waals surface area contributed by atoms with E-state index < -0.39 is 0 Å². The minimum atomic E-state index is 0.862. The first-order valence-electron chi connectivity index (χ1n) is 5.07. The van der Waals surface area contributed by atoms with Crippen LogP contribution < -0.4 is 5.73 Å². The molecule has 84 valence electrons. The van der Waals surface area contributed by atoms with Crippen molar-refractivity contribution in [2.45, 2.75) is 11.6 Å². The molecule has 16 heavy (non-hydrogen) atoms. The number of para-hydroxylation sites is 1. The van der Waals surface area contributed by atoms with Gasteiger partial charge in [-0.05, 0) is 18.1 Å². The summed E-state index contributed by atoms with van der Waals surface area (Å²) in [7, 11) is 1.94. The van der Waals surface area contributed by atoms with Gasteiger partial charge in [0.25, 0.3) is 0 Å². The molecule has 1 heterocycles. The number of nitrogens with two attached hydrogens (primary N) is 1. The zero-order valence-corrected chi connectivity index (χ0v) is 9.94. The van der Waals surface area contributed by atoms with Crippen molar-refractivity contribution in [2.24, 2.45) is 7.05 Å². The average Bonchev–Trinajstić information content (AvgIpc) is 2.67. The Kier molecular flexibility index (Phi) is 3.46. The van der Waals surface area contributed by atoms with Crippen molar-refractivity contribution in [3.05, 3.63) is 36.2 Å². The standard InChI is InChI=1S/C11H14N4S/c1-15-8-13-14-11(15)16-7-6-9-4-2-3-5-10(9)12/h2-5,8H,6-7,12H2,1H3. The molecule has 0 saturated carbocycles. The first-order chi connectivity index (χ1) is 7.77. The van der Waals surface area contributed by atoms with E-state index in [4.69, 9.17) is 5.73 Å². The van der Waals surface area contributed by atoms with E-state index in [1.54, 1.807) is 18.1 Å². The fraction of sp³-hybridized carbons (Fsp3) is 0.273. The van der Waals surface area contributed by atoms with Crippen LogP contribution in [0.3, 0.4) is 0 Å². The second kappa shape index (κ2) is 5.03. The molecule has 0 spiro atoms. The van der Waals surface area contributed by atoms with E-state index in [2.05, 4.69) is 16.3 Å². The van der Waals surface area contributed by atoms with E-state index in [-0.39, 0.29) is 0 Å². The van der Waals surface area contributed by atoms with Crippen molar-refractivity contribution in [2.75, 3.05) is 11.5 Å². The van der Waals surface area contributed by atoms with E-state index >= 15 is 0 Å². The molecule has 0 radical (unpaired) electrons. The number of anilines is 1. The smallest absolute Gasteiger partial charge is 0.190 e. The summed E-state index contributed by atoms with van der Waals surface area (Å²) in [6.45, 7) is 0. The molecule has 1 aromatic heterocycles. The number of thioether (sulfide) groups is 1. The van der Waals surface area contributed by atoms with Gasteiger partial charge in [-0.1, -0.05) is 30.0 Å². The molecule has 0 aliphatic carbocycles. The average molecular weight is 234 g/mol. The van der Waals surface area contributed by atoms with Crippen LogP contribution in [0.5, 0.6) is 0 Å². The van der Waals surface area contributed by atoms with Crippen molar-refractivity contribution < 1.29 is 0 Å². The van der Waals surface area contributed by atoms with Crippen LogP contribution in [0.1, 0.15) is 5.56 Å². The van der Waals surface area contributed by atoms with Gasteiger partial charge in [-0.15, -0.1) is 10.2 Å². The summed E-state index contributed by atoms with van der Waals surface area (Å²) in [5.41, 5.74) is 7.92. The summed E-state index contributed by atoms with van der Waals surface area (Å²) >= 11 is 1.69. The Labute approximate surface area is 98.9 Å². The summed E-state index contributed by atoms with van der Waals surface area (Å²) in [6, 6.07) is 7.96. The van der Waals surface area contributed by atoms with Gasteiger partial charge in [0.1, 0.15) is 6.33 Å². The quantitative estimate of drug-likeness (QED) is 0.646. The molecule has 2 rings (SSSR count). The monoisotopic (exact) mass is 234 g/mol. The van der Waals surface area contributed by atoms with Crippen molar-refractivity contribution in [1.29, 1.82) is 0 Å². The number of hydrogen-bond donors (Lipinski definition) is 1. The molecule has 2 aromatic rings. The fourth-order valence-corrected chi connectivity index (χ4v) is 2.28. The number of nitrogen functional groups attached to an aromatic ring is 1. The van der Waals surface area contributed by atoms with Gasteiger partial charge in [0.2, 0.25) is 0 Å². The maximum Gasteiger partial charge on any atom is 0.190 e. The number of aromatic nitrogens is 3. The number of nitrogens with zero attached hydrogens (tertiary/aromatic N) is 3. The minimum absolute atomic E-state index is 0.862. The summed E-state index contributed by atoms with van der Waals surface area (Å²) < 4.78 is 1.92. The van der Waals surface area contributed by atoms with E-state index in [1.807, 2.05) is 29.8 Å². The molecule has 0 aliphatic heterocycles. The zero-order chi connectivity index (χ0) is 11.4. The van der Waals surface area contributed by atoms with Crippen LogP contribution in [-0.2, 0) is 13.5 Å². The fourth-order valence-electron chi connectivity index (χ4n) is 1.42. The van der Waals surface area contributed by atoms with Crippen LogP contribution in [-0.4, -0.2) is 20.5 Å². The van der Waals surface area contributed by atoms with E-state index in [1.165, 1.54) is 5.56 Å². The van der Waals surface area contributed by atoms with Crippen LogP contribution in [0.2, 0.25) is 0 Å². The molecule has 0 atom stereocenters. The lowest BCUT2D eigenvalue weighted by Gasteiger charge is -2.04. The van der Waals surface area contributed by atoms with Crippen LogP contribution in [0.4, 0.5) is 5.69 Å². The highest BCUT2D eigenvalue weighted by Gasteiger charge is 2.02. The Hall–Kier alpha value is -1.49. The molecular formula is C11H14N4S. The molecule has 0 bridgehead atoms. The third-order valence-electron chi connectivity index (χ3n) is 2.33. The van der Waals surface area contributed by atoms with Gasteiger partial charge in [-0.3, -0.25) is 0 Å².